The predicted octanol–water partition coefficient (Wildman–Crippen LogP) is 3.77. The van der Waals surface area contributed by atoms with Gasteiger partial charge < -0.3 is 5.11 Å². The highest BCUT2D eigenvalue weighted by atomic mass is 32.1. The molecule has 0 spiro atoms. The molecule has 1 unspecified atom stereocenters. The minimum Gasteiger partial charge on any atom is -0.507 e. The second-order valence-electron chi connectivity index (χ2n) is 5.74. The summed E-state index contributed by atoms with van der Waals surface area (Å²) in [6, 6.07) is 16.9. The third-order valence-electron chi connectivity index (χ3n) is 4.20. The van der Waals surface area contributed by atoms with E-state index in [9.17, 15) is 14.7 Å². The van der Waals surface area contributed by atoms with Crippen LogP contribution >= 0.6 is 11.3 Å². The van der Waals surface area contributed by atoms with E-state index in [-0.39, 0.29) is 11.3 Å². The van der Waals surface area contributed by atoms with Gasteiger partial charge in [-0.05, 0) is 23.6 Å². The Labute approximate surface area is 153 Å². The van der Waals surface area contributed by atoms with Gasteiger partial charge in [-0.15, -0.1) is 11.3 Å². The Kier molecular flexibility index (Phi) is 4.10. The van der Waals surface area contributed by atoms with Gasteiger partial charge in [0.2, 0.25) is 0 Å². The van der Waals surface area contributed by atoms with Crippen molar-refractivity contribution in [2.45, 2.75) is 6.04 Å². The molecular formula is C20H14N2O3S. The summed E-state index contributed by atoms with van der Waals surface area (Å²) < 4.78 is 0. The van der Waals surface area contributed by atoms with E-state index < -0.39 is 17.7 Å². The topological polar surface area (TPSA) is 70.5 Å². The monoisotopic (exact) mass is 362 g/mol. The first kappa shape index (κ1) is 16.2. The average molecular weight is 362 g/mol. The number of ketones is 1. The standard InChI is InChI=1S/C20H14N2O3S/c23-18(13-7-2-1-3-8-13)16-17(14-9-6-12-26-14)22(20(25)19(16)24)15-10-4-5-11-21-15/h1-12,17,23H/b18-16+. The lowest BCUT2D eigenvalue weighted by Gasteiger charge is -2.22. The van der Waals surface area contributed by atoms with Crippen LogP contribution in [0.15, 0.2) is 77.8 Å². The molecule has 3 heterocycles. The molecule has 0 saturated carbocycles. The number of amides is 1. The molecule has 3 aromatic rings. The highest BCUT2D eigenvalue weighted by molar-refractivity contribution is 7.10. The number of nitrogens with zero attached hydrogens (tertiary/aromatic N) is 2. The molecule has 26 heavy (non-hydrogen) atoms. The molecule has 5 nitrogen and oxygen atoms in total. The first-order valence-electron chi connectivity index (χ1n) is 7.99. The van der Waals surface area contributed by atoms with E-state index in [1.807, 2.05) is 23.6 Å². The molecule has 0 aliphatic carbocycles. The van der Waals surface area contributed by atoms with E-state index in [1.165, 1.54) is 16.2 Å². The van der Waals surface area contributed by atoms with Gasteiger partial charge in [0.15, 0.2) is 0 Å². The fourth-order valence-corrected chi connectivity index (χ4v) is 3.86. The van der Waals surface area contributed by atoms with Crippen LogP contribution in [-0.2, 0) is 9.59 Å². The molecule has 4 rings (SSSR count). The summed E-state index contributed by atoms with van der Waals surface area (Å²) in [5, 5.41) is 12.7. The predicted molar refractivity (Wildman–Crippen MR) is 99.8 cm³/mol. The molecule has 1 aliphatic rings. The fourth-order valence-electron chi connectivity index (χ4n) is 3.03. The molecule has 1 aromatic carbocycles. The van der Waals surface area contributed by atoms with Crippen molar-refractivity contribution in [3.8, 4) is 0 Å². The lowest BCUT2D eigenvalue weighted by Crippen LogP contribution is -2.29. The van der Waals surface area contributed by atoms with Crippen molar-refractivity contribution in [1.82, 2.24) is 4.98 Å². The number of carbonyl (C=O) groups excluding carboxylic acids is 2. The van der Waals surface area contributed by atoms with Gasteiger partial charge in [0, 0.05) is 16.6 Å². The summed E-state index contributed by atoms with van der Waals surface area (Å²) >= 11 is 1.42. The minimum atomic E-state index is -0.713. The second-order valence-corrected chi connectivity index (χ2v) is 6.72. The maximum atomic E-state index is 12.8. The van der Waals surface area contributed by atoms with Crippen molar-refractivity contribution in [2.75, 3.05) is 4.90 Å². The van der Waals surface area contributed by atoms with Gasteiger partial charge >= 0.3 is 5.91 Å². The molecule has 1 atom stereocenters. The Hall–Kier alpha value is -3.25. The van der Waals surface area contributed by atoms with Crippen LogP contribution in [0.25, 0.3) is 5.76 Å². The van der Waals surface area contributed by atoms with Crippen molar-refractivity contribution >= 4 is 34.6 Å². The minimum absolute atomic E-state index is 0.0781. The van der Waals surface area contributed by atoms with Crippen molar-refractivity contribution in [3.05, 3.63) is 88.3 Å². The average Bonchev–Trinajstić information content (AvgIpc) is 3.30. The van der Waals surface area contributed by atoms with Crippen LogP contribution in [0.2, 0.25) is 0 Å². The number of aliphatic hydroxyl groups excluding tert-OH is 1. The fraction of sp³-hybridized carbons (Fsp3) is 0.0500. The Morgan fingerprint density at radius 2 is 1.77 bits per heavy atom. The van der Waals surface area contributed by atoms with E-state index >= 15 is 0 Å². The van der Waals surface area contributed by atoms with Gasteiger partial charge in [-0.3, -0.25) is 14.5 Å². The van der Waals surface area contributed by atoms with Crippen LogP contribution in [0.4, 0.5) is 5.82 Å². The molecule has 6 heteroatoms. The quantitative estimate of drug-likeness (QED) is 0.437. The van der Waals surface area contributed by atoms with E-state index in [0.29, 0.717) is 11.4 Å². The van der Waals surface area contributed by atoms with E-state index in [2.05, 4.69) is 4.98 Å². The third kappa shape index (κ3) is 2.60. The highest BCUT2D eigenvalue weighted by Gasteiger charge is 2.47. The lowest BCUT2D eigenvalue weighted by molar-refractivity contribution is -0.132. The maximum absolute atomic E-state index is 12.8. The Balaban J connectivity index is 1.94. The summed E-state index contributed by atoms with van der Waals surface area (Å²) in [6.07, 6.45) is 1.57. The number of anilines is 1. The molecule has 1 aliphatic heterocycles. The zero-order valence-corrected chi connectivity index (χ0v) is 14.4. The van der Waals surface area contributed by atoms with Gasteiger partial charge in [0.05, 0.1) is 5.57 Å². The lowest BCUT2D eigenvalue weighted by atomic mass is 10.00. The molecule has 1 saturated heterocycles. The number of rotatable bonds is 3. The summed E-state index contributed by atoms with van der Waals surface area (Å²) in [5.74, 6) is -1.21. The van der Waals surface area contributed by atoms with Gasteiger partial charge in [0.25, 0.3) is 5.78 Å². The maximum Gasteiger partial charge on any atom is 0.301 e. The smallest absolute Gasteiger partial charge is 0.301 e. The summed E-state index contributed by atoms with van der Waals surface area (Å²) in [5.41, 5.74) is 0.572. The number of aromatic nitrogens is 1. The van der Waals surface area contributed by atoms with Crippen LogP contribution in [0.1, 0.15) is 16.5 Å². The number of Topliss-reactive ketones (excluding diaryl/α,β-unsaturated/α-hetero) is 1. The van der Waals surface area contributed by atoms with Crippen molar-refractivity contribution in [3.63, 3.8) is 0 Å². The number of thiophene rings is 1. The molecule has 1 fully saturated rings. The number of aliphatic hydroxyl groups is 1. The van der Waals surface area contributed by atoms with Gasteiger partial charge in [-0.1, -0.05) is 42.5 Å². The number of pyridine rings is 1. The molecule has 0 bridgehead atoms. The third-order valence-corrected chi connectivity index (χ3v) is 5.13. The van der Waals surface area contributed by atoms with Crippen LogP contribution in [0.5, 0.6) is 0 Å². The first-order valence-corrected chi connectivity index (χ1v) is 8.87. The molecule has 2 aromatic heterocycles. The summed E-state index contributed by atoms with van der Waals surface area (Å²) in [6.45, 7) is 0. The van der Waals surface area contributed by atoms with E-state index in [1.54, 1.807) is 48.7 Å². The number of hydrogen-bond donors (Lipinski definition) is 1. The Morgan fingerprint density at radius 3 is 2.42 bits per heavy atom. The number of carbonyl (C=O) groups is 2. The van der Waals surface area contributed by atoms with Crippen LogP contribution in [0, 0.1) is 0 Å². The van der Waals surface area contributed by atoms with E-state index in [0.717, 1.165) is 4.88 Å². The van der Waals surface area contributed by atoms with Crippen LogP contribution in [-0.4, -0.2) is 21.8 Å². The SMILES string of the molecule is O=C1C(=O)N(c2ccccn2)C(c2cccs2)/C1=C(\O)c1ccccc1. The van der Waals surface area contributed by atoms with Crippen molar-refractivity contribution < 1.29 is 14.7 Å². The molecule has 1 N–H and O–H groups in total. The molecular weight excluding hydrogens is 348 g/mol. The Morgan fingerprint density at radius 1 is 1.00 bits per heavy atom. The largest absolute Gasteiger partial charge is 0.507 e. The molecule has 1 amide bonds. The van der Waals surface area contributed by atoms with Gasteiger partial charge in [-0.2, -0.15) is 0 Å². The first-order chi connectivity index (χ1) is 12.7. The molecule has 128 valence electrons. The van der Waals surface area contributed by atoms with E-state index in [4.69, 9.17) is 0 Å². The van der Waals surface area contributed by atoms with Crippen molar-refractivity contribution in [2.24, 2.45) is 0 Å². The second kappa shape index (κ2) is 6.57. The van der Waals surface area contributed by atoms with Crippen LogP contribution < -0.4 is 4.90 Å². The van der Waals surface area contributed by atoms with Crippen molar-refractivity contribution in [1.29, 1.82) is 0 Å². The van der Waals surface area contributed by atoms with Gasteiger partial charge in [-0.25, -0.2) is 4.98 Å². The summed E-state index contributed by atoms with van der Waals surface area (Å²) in [4.78, 5) is 31.9. The normalized spacial score (nSPS) is 19.1. The zero-order valence-electron chi connectivity index (χ0n) is 13.6. The molecule has 0 radical (unpaired) electrons. The van der Waals surface area contributed by atoms with Gasteiger partial charge in [0.1, 0.15) is 17.6 Å². The zero-order chi connectivity index (χ0) is 18.1. The van der Waals surface area contributed by atoms with Crippen LogP contribution in [0.3, 0.4) is 0 Å². The summed E-state index contributed by atoms with van der Waals surface area (Å²) in [7, 11) is 0. The highest BCUT2D eigenvalue weighted by Crippen LogP contribution is 2.42. The number of benzene rings is 1. The number of hydrogen-bond acceptors (Lipinski definition) is 5. The Bertz CT molecular complexity index is 982.